The quantitative estimate of drug-likeness (QED) is 0.731. The lowest BCUT2D eigenvalue weighted by atomic mass is 9.38. The van der Waals surface area contributed by atoms with Gasteiger partial charge < -0.3 is 5.32 Å². The molecule has 1 nitrogen and oxygen atoms in total. The first-order valence-electron chi connectivity index (χ1n) is 9.33. The lowest BCUT2D eigenvalue weighted by Crippen LogP contribution is -2.64. The van der Waals surface area contributed by atoms with E-state index in [4.69, 9.17) is 0 Å². The van der Waals surface area contributed by atoms with E-state index in [1.165, 1.54) is 51.5 Å². The molecule has 4 aliphatic rings. The summed E-state index contributed by atoms with van der Waals surface area (Å²) in [4.78, 5) is 0. The van der Waals surface area contributed by atoms with E-state index in [0.29, 0.717) is 27.7 Å². The zero-order valence-corrected chi connectivity index (χ0v) is 15.3. The second-order valence-electron chi connectivity index (χ2n) is 10.7. The van der Waals surface area contributed by atoms with E-state index in [0.717, 1.165) is 5.92 Å². The Balaban J connectivity index is 1.94. The zero-order valence-electron chi connectivity index (χ0n) is 15.3. The number of hydrogen-bond acceptors (Lipinski definition) is 1. The lowest BCUT2D eigenvalue weighted by Gasteiger charge is -2.68. The Morgan fingerprint density at radius 2 is 1.57 bits per heavy atom. The second-order valence-corrected chi connectivity index (χ2v) is 10.7. The van der Waals surface area contributed by atoms with Crippen molar-refractivity contribution in [2.45, 2.75) is 92.5 Å². The Hall–Kier alpha value is -0.0400. The molecule has 0 heterocycles. The molecule has 3 unspecified atom stereocenters. The first-order chi connectivity index (χ1) is 9.60. The highest BCUT2D eigenvalue weighted by Gasteiger charge is 2.63. The van der Waals surface area contributed by atoms with Crippen molar-refractivity contribution in [3.05, 3.63) is 0 Å². The molecule has 1 heteroatoms. The molecule has 0 spiro atoms. The molecule has 0 amide bonds. The van der Waals surface area contributed by atoms with Crippen LogP contribution in [-0.2, 0) is 0 Å². The fraction of sp³-hybridized carbons (Fsp3) is 1.00. The molecule has 3 atom stereocenters. The van der Waals surface area contributed by atoms with Crippen LogP contribution in [0.3, 0.4) is 0 Å². The highest BCUT2D eigenvalue weighted by molar-refractivity contribution is 5.15. The van der Waals surface area contributed by atoms with Crippen LogP contribution in [-0.4, -0.2) is 12.6 Å². The van der Waals surface area contributed by atoms with E-state index in [9.17, 15) is 0 Å². The van der Waals surface area contributed by atoms with Crippen molar-refractivity contribution in [2.24, 2.45) is 27.6 Å². The van der Waals surface area contributed by atoms with Crippen molar-refractivity contribution in [3.63, 3.8) is 0 Å². The molecule has 0 saturated heterocycles. The van der Waals surface area contributed by atoms with Crippen LogP contribution in [0.4, 0.5) is 0 Å². The van der Waals surface area contributed by atoms with Crippen LogP contribution in [0, 0.1) is 27.6 Å². The topological polar surface area (TPSA) is 12.0 Å². The van der Waals surface area contributed by atoms with Crippen LogP contribution >= 0.6 is 0 Å². The Morgan fingerprint density at radius 3 is 2.00 bits per heavy atom. The van der Waals surface area contributed by atoms with Gasteiger partial charge in [0.05, 0.1) is 0 Å². The van der Waals surface area contributed by atoms with Gasteiger partial charge in [0.1, 0.15) is 0 Å². The third-order valence-electron chi connectivity index (χ3n) is 6.75. The van der Waals surface area contributed by atoms with Crippen molar-refractivity contribution < 1.29 is 0 Å². The van der Waals surface area contributed by atoms with Gasteiger partial charge in [0.15, 0.2) is 0 Å². The molecule has 4 fully saturated rings. The molecule has 4 bridgehead atoms. The van der Waals surface area contributed by atoms with Crippen molar-refractivity contribution in [1.29, 1.82) is 0 Å². The number of rotatable bonds is 4. The summed E-state index contributed by atoms with van der Waals surface area (Å²) in [6.07, 6.45) is 10.2. The van der Waals surface area contributed by atoms with Crippen molar-refractivity contribution in [1.82, 2.24) is 5.32 Å². The fourth-order valence-corrected chi connectivity index (χ4v) is 7.59. The summed E-state index contributed by atoms with van der Waals surface area (Å²) in [5.41, 5.74) is 2.20. The van der Waals surface area contributed by atoms with Crippen LogP contribution in [0.2, 0.25) is 0 Å². The van der Waals surface area contributed by atoms with E-state index in [1.807, 2.05) is 0 Å². The summed E-state index contributed by atoms with van der Waals surface area (Å²) < 4.78 is 0. The predicted molar refractivity (Wildman–Crippen MR) is 91.4 cm³/mol. The monoisotopic (exact) mass is 291 g/mol. The van der Waals surface area contributed by atoms with Gasteiger partial charge in [-0.3, -0.25) is 0 Å². The minimum atomic E-state index is 0.369. The standard InChI is InChI=1S/C20H37N/c1-7-8-21-16(17(2,3)4)20-11-15-9-18(5,13-20)12-19(6,10-15)14-20/h15-16,21H,7-14H2,1-6H3. The first-order valence-corrected chi connectivity index (χ1v) is 9.33. The summed E-state index contributed by atoms with van der Waals surface area (Å²) >= 11 is 0. The maximum absolute atomic E-state index is 4.00. The van der Waals surface area contributed by atoms with Gasteiger partial charge in [0, 0.05) is 6.04 Å². The van der Waals surface area contributed by atoms with Gasteiger partial charge in [-0.2, -0.15) is 0 Å². The first kappa shape index (κ1) is 15.8. The van der Waals surface area contributed by atoms with Gasteiger partial charge in [-0.25, -0.2) is 0 Å². The Bertz CT molecular complexity index is 387. The number of nitrogens with one attached hydrogen (secondary N) is 1. The minimum absolute atomic E-state index is 0.369. The Kier molecular flexibility index (Phi) is 3.57. The van der Waals surface area contributed by atoms with E-state index in [1.54, 1.807) is 0 Å². The maximum Gasteiger partial charge on any atom is 0.0172 e. The third-order valence-corrected chi connectivity index (χ3v) is 6.75. The molecular formula is C20H37N. The fourth-order valence-electron chi connectivity index (χ4n) is 7.59. The molecule has 4 saturated carbocycles. The predicted octanol–water partition coefficient (Wildman–Crippen LogP) is 5.40. The average Bonchev–Trinajstić information content (AvgIpc) is 2.21. The zero-order chi connectivity index (χ0) is 15.5. The lowest BCUT2D eigenvalue weighted by molar-refractivity contribution is -0.169. The van der Waals surface area contributed by atoms with Gasteiger partial charge >= 0.3 is 0 Å². The van der Waals surface area contributed by atoms with Crippen LogP contribution in [0.5, 0.6) is 0 Å². The number of hydrogen-bond donors (Lipinski definition) is 1. The van der Waals surface area contributed by atoms with E-state index in [-0.39, 0.29) is 0 Å². The summed E-state index contributed by atoms with van der Waals surface area (Å²) in [5.74, 6) is 1.00. The summed E-state index contributed by atoms with van der Waals surface area (Å²) in [7, 11) is 0. The van der Waals surface area contributed by atoms with E-state index in [2.05, 4.69) is 46.9 Å². The van der Waals surface area contributed by atoms with Gasteiger partial charge in [-0.15, -0.1) is 0 Å². The van der Waals surface area contributed by atoms with Gasteiger partial charge in [-0.1, -0.05) is 41.5 Å². The van der Waals surface area contributed by atoms with Crippen LogP contribution < -0.4 is 5.32 Å². The van der Waals surface area contributed by atoms with Crippen molar-refractivity contribution in [3.8, 4) is 0 Å². The van der Waals surface area contributed by atoms with Gasteiger partial charge in [0.25, 0.3) is 0 Å². The molecule has 1 N–H and O–H groups in total. The molecule has 21 heavy (non-hydrogen) atoms. The molecule has 0 aromatic carbocycles. The molecule has 4 rings (SSSR count). The molecule has 0 aromatic rings. The van der Waals surface area contributed by atoms with Crippen LogP contribution in [0.15, 0.2) is 0 Å². The highest BCUT2D eigenvalue weighted by Crippen LogP contribution is 2.71. The Labute approximate surface area is 132 Å². The normalized spacial score (nSPS) is 46.9. The smallest absolute Gasteiger partial charge is 0.0172 e. The summed E-state index contributed by atoms with van der Waals surface area (Å²) in [6.45, 7) is 16.1. The summed E-state index contributed by atoms with van der Waals surface area (Å²) in [5, 5.41) is 4.00. The average molecular weight is 292 g/mol. The Morgan fingerprint density at radius 1 is 1.00 bits per heavy atom. The minimum Gasteiger partial charge on any atom is -0.313 e. The van der Waals surface area contributed by atoms with E-state index < -0.39 is 0 Å². The summed E-state index contributed by atoms with van der Waals surface area (Å²) in [6, 6.07) is 0.687. The third kappa shape index (κ3) is 2.69. The molecule has 0 aliphatic heterocycles. The molecule has 0 radical (unpaired) electrons. The molecular weight excluding hydrogens is 254 g/mol. The van der Waals surface area contributed by atoms with Crippen molar-refractivity contribution >= 4 is 0 Å². The molecule has 0 aromatic heterocycles. The molecule has 122 valence electrons. The van der Waals surface area contributed by atoms with Gasteiger partial charge in [-0.05, 0) is 79.1 Å². The largest absolute Gasteiger partial charge is 0.313 e. The van der Waals surface area contributed by atoms with Crippen molar-refractivity contribution in [2.75, 3.05) is 6.54 Å². The van der Waals surface area contributed by atoms with Crippen LogP contribution in [0.25, 0.3) is 0 Å². The second kappa shape index (κ2) is 4.73. The SMILES string of the molecule is CCCNC(C(C)(C)C)C12CC3CC(C)(CC(C)(C3)C1)C2. The highest BCUT2D eigenvalue weighted by atomic mass is 15.0. The van der Waals surface area contributed by atoms with Gasteiger partial charge in [0.2, 0.25) is 0 Å². The maximum atomic E-state index is 4.00. The molecule has 4 aliphatic carbocycles. The van der Waals surface area contributed by atoms with Crippen LogP contribution in [0.1, 0.15) is 86.5 Å². The van der Waals surface area contributed by atoms with E-state index >= 15 is 0 Å².